The highest BCUT2D eigenvalue weighted by Crippen LogP contribution is 2.32. The summed E-state index contributed by atoms with van der Waals surface area (Å²) in [7, 11) is 0. The van der Waals surface area contributed by atoms with Gasteiger partial charge in [-0.15, -0.1) is 0 Å². The number of amides is 1. The van der Waals surface area contributed by atoms with E-state index in [0.29, 0.717) is 27.2 Å². The predicted molar refractivity (Wildman–Crippen MR) is 215 cm³/mol. The van der Waals surface area contributed by atoms with Crippen molar-refractivity contribution in [1.29, 1.82) is 0 Å². The molecule has 0 bridgehead atoms. The van der Waals surface area contributed by atoms with E-state index in [1.165, 1.54) is 112 Å². The lowest BCUT2D eigenvalue weighted by Crippen LogP contribution is -2.20. The topological polar surface area (TPSA) is 88.2 Å². The van der Waals surface area contributed by atoms with Crippen LogP contribution in [0.25, 0.3) is 5.69 Å². The number of nitrogens with zero attached hydrogens (tertiary/aromatic N) is 1. The van der Waals surface area contributed by atoms with Crippen LogP contribution in [0.1, 0.15) is 108 Å². The minimum Gasteiger partial charge on any atom is -0.483 e. The van der Waals surface area contributed by atoms with E-state index in [1.807, 2.05) is 12.1 Å². The van der Waals surface area contributed by atoms with Crippen LogP contribution in [0.2, 0.25) is 20.1 Å². The van der Waals surface area contributed by atoms with Crippen LogP contribution in [0.3, 0.4) is 0 Å². The number of H-pyrrole nitrogens is 1. The molecule has 0 radical (unpaired) electrons. The van der Waals surface area contributed by atoms with E-state index in [-0.39, 0.29) is 28.2 Å². The number of aromatic amines is 1. The van der Waals surface area contributed by atoms with Gasteiger partial charge in [-0.2, -0.15) is 0 Å². The molecule has 51 heavy (non-hydrogen) atoms. The summed E-state index contributed by atoms with van der Waals surface area (Å²) in [6.07, 6.45) is 19.5. The average Bonchev–Trinajstić information content (AvgIpc) is 3.44. The molecule has 0 saturated carbocycles. The van der Waals surface area contributed by atoms with E-state index in [9.17, 15) is 9.59 Å². The Morgan fingerprint density at radius 2 is 1.35 bits per heavy atom. The zero-order valence-electron chi connectivity index (χ0n) is 29.7. The third-order valence-corrected chi connectivity index (χ3v) is 9.94. The minimum atomic E-state index is -0.402. The van der Waals surface area contributed by atoms with E-state index in [4.69, 9.17) is 51.1 Å². The summed E-state index contributed by atoms with van der Waals surface area (Å²) in [5, 5.41) is 10.0. The number of unbranched alkanes of at least 4 members (excludes halogenated alkanes) is 13. The van der Waals surface area contributed by atoms with E-state index >= 15 is 0 Å². The fraction of sp³-hybridized carbons (Fsp3) is 0.450. The molecule has 11 heteroatoms. The zero-order chi connectivity index (χ0) is 36.6. The first-order chi connectivity index (χ1) is 24.6. The monoisotopic (exact) mass is 774 g/mol. The van der Waals surface area contributed by atoms with Crippen LogP contribution >= 0.6 is 46.4 Å². The van der Waals surface area contributed by atoms with Gasteiger partial charge >= 0.3 is 0 Å². The lowest BCUT2D eigenvalue weighted by molar-refractivity contribution is -0.118. The minimum absolute atomic E-state index is 0.140. The third-order valence-electron chi connectivity index (χ3n) is 8.82. The van der Waals surface area contributed by atoms with Crippen molar-refractivity contribution in [2.45, 2.75) is 110 Å². The Hall–Kier alpha value is -3.10. The molecule has 0 unspecified atom stereocenters. The summed E-state index contributed by atoms with van der Waals surface area (Å²) in [5.74, 6) is 0.762. The largest absolute Gasteiger partial charge is 0.483 e. The molecule has 0 aliphatic carbocycles. The van der Waals surface area contributed by atoms with Gasteiger partial charge in [-0.1, -0.05) is 154 Å². The Kier molecular flexibility index (Phi) is 17.1. The molecule has 4 aromatic rings. The van der Waals surface area contributed by atoms with Gasteiger partial charge in [0, 0.05) is 16.8 Å². The normalized spacial score (nSPS) is 11.2. The Bertz CT molecular complexity index is 1750. The molecule has 0 aliphatic heterocycles. The maximum absolute atomic E-state index is 12.9. The molecule has 1 heterocycles. The van der Waals surface area contributed by atoms with Gasteiger partial charge in [-0.25, -0.2) is 4.68 Å². The Labute approximate surface area is 322 Å². The number of benzene rings is 3. The Morgan fingerprint density at radius 1 is 0.745 bits per heavy atom. The maximum Gasteiger partial charge on any atom is 0.273 e. The van der Waals surface area contributed by atoms with E-state index in [2.05, 4.69) is 35.6 Å². The van der Waals surface area contributed by atoms with Crippen LogP contribution in [-0.2, 0) is 11.2 Å². The number of aromatic nitrogens is 2. The van der Waals surface area contributed by atoms with Gasteiger partial charge in [0.2, 0.25) is 0 Å². The summed E-state index contributed by atoms with van der Waals surface area (Å²) in [6, 6.07) is 15.5. The van der Waals surface area contributed by atoms with Crippen molar-refractivity contribution < 1.29 is 9.53 Å². The fourth-order valence-electron chi connectivity index (χ4n) is 6.11. The van der Waals surface area contributed by atoms with Crippen molar-refractivity contribution in [2.24, 2.45) is 0 Å². The van der Waals surface area contributed by atoms with Gasteiger partial charge in [0.25, 0.3) is 11.5 Å². The molecule has 276 valence electrons. The van der Waals surface area contributed by atoms with Crippen molar-refractivity contribution in [3.05, 3.63) is 96.2 Å². The van der Waals surface area contributed by atoms with Gasteiger partial charge in [0.15, 0.2) is 6.61 Å². The number of ether oxygens (including phenoxy) is 1. The van der Waals surface area contributed by atoms with Crippen LogP contribution in [0.15, 0.2) is 59.4 Å². The molecule has 0 fully saturated rings. The number of anilines is 3. The van der Waals surface area contributed by atoms with Crippen molar-refractivity contribution in [3.63, 3.8) is 0 Å². The number of carbonyl (C=O) groups is 1. The van der Waals surface area contributed by atoms with Crippen molar-refractivity contribution >= 4 is 69.5 Å². The molecule has 4 rings (SSSR count). The van der Waals surface area contributed by atoms with Crippen LogP contribution in [0.4, 0.5) is 17.2 Å². The highest BCUT2D eigenvalue weighted by Gasteiger charge is 2.15. The Morgan fingerprint density at radius 3 is 1.98 bits per heavy atom. The lowest BCUT2D eigenvalue weighted by Gasteiger charge is -2.14. The number of rotatable bonds is 22. The van der Waals surface area contributed by atoms with Crippen molar-refractivity contribution in [2.75, 3.05) is 17.2 Å². The molecular formula is C40H50Cl4N4O3. The SMILES string of the molecule is CCCCCCCCCCCCCCCCc1cc(C)ccc1OCC(=O)Nc1ccc(Cl)c(Nc2cc(=O)n(-c3c(Cl)cc(Cl)cc3Cl)[nH]2)c1. The van der Waals surface area contributed by atoms with Gasteiger partial charge in [0.1, 0.15) is 17.3 Å². The second-order valence-electron chi connectivity index (χ2n) is 13.2. The first-order valence-corrected chi connectivity index (χ1v) is 19.7. The van der Waals surface area contributed by atoms with Crippen molar-refractivity contribution in [1.82, 2.24) is 9.78 Å². The fourth-order valence-corrected chi connectivity index (χ4v) is 7.26. The standard InChI is InChI=1S/C40H50Cl4N4O3/c1-3-4-5-6-7-8-9-10-11-12-13-14-15-16-17-29-22-28(2)18-21-36(29)51-27-38(49)45-31-19-20-32(42)35(25-31)46-37-26-39(50)48(47-37)40-33(43)23-30(41)24-34(40)44/h18-26,46-47H,3-17,27H2,1-2H3,(H,45,49). The molecule has 0 spiro atoms. The van der Waals surface area contributed by atoms with Gasteiger partial charge in [0.05, 0.1) is 20.8 Å². The summed E-state index contributed by atoms with van der Waals surface area (Å²) < 4.78 is 7.21. The van der Waals surface area contributed by atoms with Crippen LogP contribution in [0.5, 0.6) is 5.75 Å². The van der Waals surface area contributed by atoms with Crippen molar-refractivity contribution in [3.8, 4) is 11.4 Å². The van der Waals surface area contributed by atoms with Gasteiger partial charge < -0.3 is 15.4 Å². The molecule has 0 saturated heterocycles. The first-order valence-electron chi connectivity index (χ1n) is 18.2. The number of hydrogen-bond acceptors (Lipinski definition) is 4. The van der Waals surface area contributed by atoms with Crippen LogP contribution in [0, 0.1) is 6.92 Å². The second kappa shape index (κ2) is 21.4. The van der Waals surface area contributed by atoms with Crippen LogP contribution in [-0.4, -0.2) is 22.3 Å². The smallest absolute Gasteiger partial charge is 0.273 e. The lowest BCUT2D eigenvalue weighted by atomic mass is 10.0. The highest BCUT2D eigenvalue weighted by molar-refractivity contribution is 6.40. The predicted octanol–water partition coefficient (Wildman–Crippen LogP) is 12.9. The highest BCUT2D eigenvalue weighted by atomic mass is 35.5. The molecule has 0 atom stereocenters. The zero-order valence-corrected chi connectivity index (χ0v) is 32.7. The number of aryl methyl sites for hydroxylation is 2. The number of hydrogen-bond donors (Lipinski definition) is 3. The summed E-state index contributed by atoms with van der Waals surface area (Å²) >= 11 is 25.1. The Balaban J connectivity index is 1.22. The van der Waals surface area contributed by atoms with E-state index < -0.39 is 5.56 Å². The molecule has 3 N–H and O–H groups in total. The second-order valence-corrected chi connectivity index (χ2v) is 14.8. The van der Waals surface area contributed by atoms with Gasteiger partial charge in [-0.3, -0.25) is 14.7 Å². The van der Waals surface area contributed by atoms with Crippen LogP contribution < -0.4 is 20.9 Å². The summed E-state index contributed by atoms with van der Waals surface area (Å²) in [5.41, 5.74) is 3.13. The molecule has 0 aliphatic rings. The average molecular weight is 777 g/mol. The molecular weight excluding hydrogens is 726 g/mol. The molecule has 1 aromatic heterocycles. The van der Waals surface area contributed by atoms with E-state index in [1.54, 1.807) is 18.2 Å². The maximum atomic E-state index is 12.9. The molecule has 7 nitrogen and oxygen atoms in total. The number of carbonyl (C=O) groups excluding carboxylic acids is 1. The third kappa shape index (κ3) is 13.4. The summed E-state index contributed by atoms with van der Waals surface area (Å²) in [6.45, 7) is 4.20. The number of nitrogens with one attached hydrogen (secondary N) is 3. The van der Waals surface area contributed by atoms with Gasteiger partial charge in [-0.05, 0) is 61.7 Å². The quantitative estimate of drug-likeness (QED) is 0.0694. The number of halogens is 4. The summed E-state index contributed by atoms with van der Waals surface area (Å²) in [4.78, 5) is 25.7. The molecule has 3 aromatic carbocycles. The first kappa shape index (κ1) is 40.7. The van der Waals surface area contributed by atoms with E-state index in [0.717, 1.165) is 24.2 Å². The molecule has 1 amide bonds.